The van der Waals surface area contributed by atoms with Gasteiger partial charge in [-0.05, 0) is 38.8 Å². The highest BCUT2D eigenvalue weighted by Gasteiger charge is 2.15. The van der Waals surface area contributed by atoms with Crippen molar-refractivity contribution in [3.63, 3.8) is 0 Å². The van der Waals surface area contributed by atoms with E-state index in [0.717, 1.165) is 5.56 Å². The summed E-state index contributed by atoms with van der Waals surface area (Å²) in [6, 6.07) is 7.22. The van der Waals surface area contributed by atoms with E-state index >= 15 is 0 Å². The van der Waals surface area contributed by atoms with Gasteiger partial charge in [0.05, 0.1) is 0 Å². The Kier molecular flexibility index (Phi) is 4.92. The third-order valence-corrected chi connectivity index (χ3v) is 2.37. The van der Waals surface area contributed by atoms with Crippen molar-refractivity contribution < 1.29 is 14.7 Å². The lowest BCUT2D eigenvalue weighted by molar-refractivity contribution is -0.154. The quantitative estimate of drug-likeness (QED) is 0.286. The van der Waals surface area contributed by atoms with Crippen molar-refractivity contribution in [1.82, 2.24) is 0 Å². The summed E-state index contributed by atoms with van der Waals surface area (Å²) >= 11 is 0. The number of benzene rings is 1. The number of hydrogen-bond acceptors (Lipinski definition) is 4. The first-order chi connectivity index (χ1) is 8.81. The van der Waals surface area contributed by atoms with Crippen LogP contribution in [0.2, 0.25) is 0 Å². The minimum Gasteiger partial charge on any atom is -0.460 e. The smallest absolute Gasteiger partial charge is 0.306 e. The van der Waals surface area contributed by atoms with Crippen molar-refractivity contribution >= 4 is 11.8 Å². The number of carbonyl (C=O) groups is 1. The van der Waals surface area contributed by atoms with Crippen molar-refractivity contribution in [2.24, 2.45) is 10.9 Å². The van der Waals surface area contributed by atoms with Crippen molar-refractivity contribution in [1.29, 1.82) is 0 Å². The lowest BCUT2D eigenvalue weighted by Gasteiger charge is -2.19. The third kappa shape index (κ3) is 5.42. The predicted molar refractivity (Wildman–Crippen MR) is 73.1 cm³/mol. The fourth-order valence-electron chi connectivity index (χ4n) is 1.58. The van der Waals surface area contributed by atoms with Crippen LogP contribution in [0.5, 0.6) is 0 Å². The molecule has 0 aliphatic carbocycles. The molecule has 0 heterocycles. The molecule has 104 valence electrons. The molecule has 5 nitrogen and oxygen atoms in total. The number of oxime groups is 1. The van der Waals surface area contributed by atoms with Crippen LogP contribution in [-0.4, -0.2) is 22.6 Å². The number of nitrogens with zero attached hydrogens (tertiary/aromatic N) is 1. The van der Waals surface area contributed by atoms with Crippen molar-refractivity contribution in [2.45, 2.75) is 39.2 Å². The minimum absolute atomic E-state index is 0.0547. The molecule has 0 unspecified atom stereocenters. The number of esters is 1. The van der Waals surface area contributed by atoms with Crippen molar-refractivity contribution in [2.75, 3.05) is 0 Å². The summed E-state index contributed by atoms with van der Waals surface area (Å²) < 4.78 is 5.23. The van der Waals surface area contributed by atoms with Crippen molar-refractivity contribution in [3.8, 4) is 0 Å². The Labute approximate surface area is 113 Å². The topological polar surface area (TPSA) is 84.9 Å². The van der Waals surface area contributed by atoms with Crippen LogP contribution in [0.4, 0.5) is 0 Å². The SMILES string of the molecule is CC(C)(C)OC(=O)CCc1cccc(/C(N)=N/O)c1. The van der Waals surface area contributed by atoms with Gasteiger partial charge in [0.1, 0.15) is 5.60 Å². The second-order valence-electron chi connectivity index (χ2n) is 5.27. The van der Waals surface area contributed by atoms with Crippen LogP contribution in [0.15, 0.2) is 29.4 Å². The molecule has 0 amide bonds. The molecule has 0 saturated heterocycles. The lowest BCUT2D eigenvalue weighted by Crippen LogP contribution is -2.24. The monoisotopic (exact) mass is 264 g/mol. The average molecular weight is 264 g/mol. The highest BCUT2D eigenvalue weighted by atomic mass is 16.6. The summed E-state index contributed by atoms with van der Waals surface area (Å²) in [4.78, 5) is 11.6. The van der Waals surface area contributed by atoms with E-state index in [0.29, 0.717) is 18.4 Å². The zero-order chi connectivity index (χ0) is 14.5. The molecule has 0 aliphatic rings. The van der Waals surface area contributed by atoms with Crippen LogP contribution in [0.25, 0.3) is 0 Å². The zero-order valence-corrected chi connectivity index (χ0v) is 11.5. The summed E-state index contributed by atoms with van der Waals surface area (Å²) in [5.41, 5.74) is 6.61. The Morgan fingerprint density at radius 2 is 2.11 bits per heavy atom. The summed E-state index contributed by atoms with van der Waals surface area (Å²) in [6.07, 6.45) is 0.859. The maximum atomic E-state index is 11.6. The Morgan fingerprint density at radius 3 is 2.68 bits per heavy atom. The van der Waals surface area contributed by atoms with Gasteiger partial charge in [-0.15, -0.1) is 0 Å². The normalized spacial score (nSPS) is 12.3. The molecule has 0 atom stereocenters. The van der Waals surface area contributed by atoms with E-state index in [1.54, 1.807) is 18.2 Å². The molecule has 3 N–H and O–H groups in total. The van der Waals surface area contributed by atoms with Crippen LogP contribution >= 0.6 is 0 Å². The molecule has 0 fully saturated rings. The molecular formula is C14H20N2O3. The minimum atomic E-state index is -0.465. The maximum absolute atomic E-state index is 11.6. The largest absolute Gasteiger partial charge is 0.460 e. The molecule has 0 saturated carbocycles. The third-order valence-electron chi connectivity index (χ3n) is 2.37. The highest BCUT2D eigenvalue weighted by Crippen LogP contribution is 2.12. The number of amidine groups is 1. The van der Waals surface area contributed by atoms with Gasteiger partial charge in [0.25, 0.3) is 0 Å². The molecule has 5 heteroatoms. The van der Waals surface area contributed by atoms with Crippen LogP contribution < -0.4 is 5.73 Å². The van der Waals surface area contributed by atoms with Crippen molar-refractivity contribution in [3.05, 3.63) is 35.4 Å². The summed E-state index contributed by atoms with van der Waals surface area (Å²) in [5.74, 6) is -0.180. The lowest BCUT2D eigenvalue weighted by atomic mass is 10.1. The fourth-order valence-corrected chi connectivity index (χ4v) is 1.58. The summed E-state index contributed by atoms with van der Waals surface area (Å²) in [6.45, 7) is 5.51. The van der Waals surface area contributed by atoms with Crippen LogP contribution in [0.3, 0.4) is 0 Å². The molecule has 1 aromatic rings. The molecule has 0 aromatic heterocycles. The summed E-state index contributed by atoms with van der Waals surface area (Å²) in [5, 5.41) is 11.6. The molecule has 1 aromatic carbocycles. The van der Waals surface area contributed by atoms with Crippen LogP contribution in [0, 0.1) is 0 Å². The van der Waals surface area contributed by atoms with Gasteiger partial charge < -0.3 is 15.7 Å². The van der Waals surface area contributed by atoms with Gasteiger partial charge in [0.2, 0.25) is 0 Å². The van der Waals surface area contributed by atoms with E-state index in [1.807, 2.05) is 26.8 Å². The molecule has 19 heavy (non-hydrogen) atoms. The average Bonchev–Trinajstić information content (AvgIpc) is 2.34. The van der Waals surface area contributed by atoms with Gasteiger partial charge in [-0.25, -0.2) is 0 Å². The number of nitrogens with two attached hydrogens (primary N) is 1. The van der Waals surface area contributed by atoms with E-state index < -0.39 is 5.60 Å². The van der Waals surface area contributed by atoms with Gasteiger partial charge in [0, 0.05) is 12.0 Å². The van der Waals surface area contributed by atoms with Crippen LogP contribution in [-0.2, 0) is 16.0 Å². The number of carbonyl (C=O) groups excluding carboxylic acids is 1. The van der Waals surface area contributed by atoms with E-state index in [-0.39, 0.29) is 11.8 Å². The first-order valence-electron chi connectivity index (χ1n) is 6.10. The Morgan fingerprint density at radius 1 is 1.42 bits per heavy atom. The summed E-state index contributed by atoms with van der Waals surface area (Å²) in [7, 11) is 0. The number of rotatable bonds is 4. The number of ether oxygens (including phenoxy) is 1. The Balaban J connectivity index is 2.61. The highest BCUT2D eigenvalue weighted by molar-refractivity contribution is 5.97. The molecule has 0 bridgehead atoms. The van der Waals surface area contributed by atoms with E-state index in [9.17, 15) is 4.79 Å². The molecule has 0 spiro atoms. The molecule has 0 aliphatic heterocycles. The first kappa shape index (κ1) is 15.0. The molecule has 1 rings (SSSR count). The number of hydrogen-bond donors (Lipinski definition) is 2. The molecular weight excluding hydrogens is 244 g/mol. The maximum Gasteiger partial charge on any atom is 0.306 e. The van der Waals surface area contributed by atoms with Gasteiger partial charge in [-0.1, -0.05) is 23.4 Å². The Bertz CT molecular complexity index is 476. The number of aryl methyl sites for hydroxylation is 1. The Hall–Kier alpha value is -2.04. The van der Waals surface area contributed by atoms with E-state index in [1.165, 1.54) is 0 Å². The second-order valence-corrected chi connectivity index (χ2v) is 5.27. The zero-order valence-electron chi connectivity index (χ0n) is 11.5. The first-order valence-corrected chi connectivity index (χ1v) is 6.10. The standard InChI is InChI=1S/C14H20N2O3/c1-14(2,3)19-12(17)8-7-10-5-4-6-11(9-10)13(15)16-18/h4-6,9,18H,7-8H2,1-3H3,(H2,15,16). The van der Waals surface area contributed by atoms with Gasteiger partial charge >= 0.3 is 5.97 Å². The molecule has 0 radical (unpaired) electrons. The van der Waals surface area contributed by atoms with Gasteiger partial charge in [-0.2, -0.15) is 0 Å². The van der Waals surface area contributed by atoms with E-state index in [4.69, 9.17) is 15.7 Å². The van der Waals surface area contributed by atoms with Gasteiger partial charge in [-0.3, -0.25) is 4.79 Å². The fraction of sp³-hybridized carbons (Fsp3) is 0.429. The van der Waals surface area contributed by atoms with Crippen LogP contribution in [0.1, 0.15) is 38.3 Å². The van der Waals surface area contributed by atoms with Gasteiger partial charge in [0.15, 0.2) is 5.84 Å². The predicted octanol–water partition coefficient (Wildman–Crippen LogP) is 2.06. The van der Waals surface area contributed by atoms with E-state index in [2.05, 4.69) is 5.16 Å². The second kappa shape index (κ2) is 6.22.